The summed E-state index contributed by atoms with van der Waals surface area (Å²) >= 11 is 0. The number of carbonyl (C=O) groups is 1. The van der Waals surface area contributed by atoms with Crippen molar-refractivity contribution in [2.75, 3.05) is 13.2 Å². The van der Waals surface area contributed by atoms with E-state index in [9.17, 15) is 18.0 Å². The number of hydrogen-bond acceptors (Lipinski definition) is 2. The van der Waals surface area contributed by atoms with Crippen molar-refractivity contribution < 1.29 is 22.7 Å². The fourth-order valence-electron chi connectivity index (χ4n) is 1.30. The molecule has 0 radical (unpaired) electrons. The molecule has 94 valence electrons. The van der Waals surface area contributed by atoms with Gasteiger partial charge in [0, 0.05) is 12.6 Å². The van der Waals surface area contributed by atoms with Gasteiger partial charge in [0.15, 0.2) is 6.61 Å². The molecule has 0 saturated heterocycles. The summed E-state index contributed by atoms with van der Waals surface area (Å²) in [5.41, 5.74) is 0. The van der Waals surface area contributed by atoms with Crippen LogP contribution in [0.3, 0.4) is 0 Å². The highest BCUT2D eigenvalue weighted by Gasteiger charge is 2.33. The van der Waals surface area contributed by atoms with E-state index in [0.29, 0.717) is 12.5 Å². The summed E-state index contributed by atoms with van der Waals surface area (Å²) in [5.74, 6) is 0.431. The van der Waals surface area contributed by atoms with Crippen molar-refractivity contribution in [2.24, 2.45) is 5.92 Å². The van der Waals surface area contributed by atoms with Gasteiger partial charge in [-0.25, -0.2) is 4.79 Å². The zero-order chi connectivity index (χ0) is 12.3. The molecule has 0 heterocycles. The molecule has 0 aromatic heterocycles. The normalized spacial score (nSPS) is 16.4. The lowest BCUT2D eigenvalue weighted by atomic mass is 10.3. The van der Waals surface area contributed by atoms with Crippen LogP contribution in [-0.2, 0) is 4.74 Å². The zero-order valence-corrected chi connectivity index (χ0v) is 9.38. The number of rotatable bonds is 4. The van der Waals surface area contributed by atoms with Crippen LogP contribution in [0.1, 0.15) is 26.7 Å². The molecule has 0 atom stereocenters. The Morgan fingerprint density at radius 1 is 1.44 bits per heavy atom. The van der Waals surface area contributed by atoms with Gasteiger partial charge in [0.2, 0.25) is 0 Å². The number of amides is 1. The summed E-state index contributed by atoms with van der Waals surface area (Å²) in [7, 11) is 0. The van der Waals surface area contributed by atoms with E-state index in [2.05, 4.69) is 4.74 Å². The molecule has 1 fully saturated rings. The highest BCUT2D eigenvalue weighted by atomic mass is 19.4. The van der Waals surface area contributed by atoms with E-state index in [1.165, 1.54) is 4.90 Å². The van der Waals surface area contributed by atoms with E-state index in [-0.39, 0.29) is 6.04 Å². The van der Waals surface area contributed by atoms with Crippen LogP contribution in [-0.4, -0.2) is 36.4 Å². The lowest BCUT2D eigenvalue weighted by Crippen LogP contribution is -2.40. The number of nitrogens with zero attached hydrogens (tertiary/aromatic N) is 1. The number of alkyl halides is 3. The first kappa shape index (κ1) is 13.1. The van der Waals surface area contributed by atoms with Crippen LogP contribution in [0.4, 0.5) is 18.0 Å². The minimum Gasteiger partial charge on any atom is -0.440 e. The first-order chi connectivity index (χ1) is 7.29. The Balaban J connectivity index is 2.40. The minimum absolute atomic E-state index is 0.138. The standard InChI is InChI=1S/C10H16F3NO2/c1-7(2)14(5-8-3-4-8)9(15)16-6-10(11,12)13/h7-8H,3-6H2,1-2H3. The molecule has 0 aromatic rings. The summed E-state index contributed by atoms with van der Waals surface area (Å²) in [6.45, 7) is 2.50. The Kier molecular flexibility index (Phi) is 4.04. The predicted molar refractivity (Wildman–Crippen MR) is 52.0 cm³/mol. The van der Waals surface area contributed by atoms with E-state index >= 15 is 0 Å². The van der Waals surface area contributed by atoms with Crippen LogP contribution in [0, 0.1) is 5.92 Å². The average Bonchev–Trinajstić information content (AvgIpc) is 2.92. The fourth-order valence-corrected chi connectivity index (χ4v) is 1.30. The maximum Gasteiger partial charge on any atom is 0.422 e. The second-order valence-corrected chi connectivity index (χ2v) is 4.36. The maximum absolute atomic E-state index is 11.9. The van der Waals surface area contributed by atoms with Crippen molar-refractivity contribution in [2.45, 2.75) is 38.9 Å². The molecule has 1 aliphatic rings. The third kappa shape index (κ3) is 4.72. The number of carbonyl (C=O) groups excluding carboxylic acids is 1. The quantitative estimate of drug-likeness (QED) is 0.755. The molecule has 0 spiro atoms. The van der Waals surface area contributed by atoms with Crippen molar-refractivity contribution in [3.63, 3.8) is 0 Å². The third-order valence-corrected chi connectivity index (χ3v) is 2.37. The fraction of sp³-hybridized carbons (Fsp3) is 0.900. The monoisotopic (exact) mass is 239 g/mol. The largest absolute Gasteiger partial charge is 0.440 e. The molecule has 1 rings (SSSR count). The Bertz CT molecular complexity index is 249. The number of ether oxygens (including phenoxy) is 1. The predicted octanol–water partition coefficient (Wildman–Crippen LogP) is 2.81. The molecule has 0 N–H and O–H groups in total. The molecule has 1 saturated carbocycles. The van der Waals surface area contributed by atoms with E-state index in [1.807, 2.05) is 0 Å². The van der Waals surface area contributed by atoms with E-state index in [1.54, 1.807) is 13.8 Å². The molecule has 0 unspecified atom stereocenters. The lowest BCUT2D eigenvalue weighted by Gasteiger charge is -2.26. The number of hydrogen-bond donors (Lipinski definition) is 0. The van der Waals surface area contributed by atoms with Crippen molar-refractivity contribution in [3.05, 3.63) is 0 Å². The summed E-state index contributed by atoms with van der Waals surface area (Å²) in [5, 5.41) is 0. The van der Waals surface area contributed by atoms with Crippen LogP contribution in [0.25, 0.3) is 0 Å². The van der Waals surface area contributed by atoms with Gasteiger partial charge in [-0.1, -0.05) is 0 Å². The van der Waals surface area contributed by atoms with E-state index < -0.39 is 18.9 Å². The summed E-state index contributed by atoms with van der Waals surface area (Å²) in [4.78, 5) is 12.7. The summed E-state index contributed by atoms with van der Waals surface area (Å²) in [6.07, 6.45) is -3.26. The molecule has 16 heavy (non-hydrogen) atoms. The molecule has 0 aromatic carbocycles. The Morgan fingerprint density at radius 3 is 2.38 bits per heavy atom. The Morgan fingerprint density at radius 2 is 2.00 bits per heavy atom. The van der Waals surface area contributed by atoms with Crippen molar-refractivity contribution in [1.82, 2.24) is 4.90 Å². The molecule has 0 bridgehead atoms. The van der Waals surface area contributed by atoms with Crippen molar-refractivity contribution in [1.29, 1.82) is 0 Å². The topological polar surface area (TPSA) is 29.5 Å². The molecule has 3 nitrogen and oxygen atoms in total. The maximum atomic E-state index is 11.9. The van der Waals surface area contributed by atoms with Gasteiger partial charge in [0.25, 0.3) is 0 Å². The van der Waals surface area contributed by atoms with Crippen molar-refractivity contribution in [3.8, 4) is 0 Å². The van der Waals surface area contributed by atoms with Crippen LogP contribution >= 0.6 is 0 Å². The lowest BCUT2D eigenvalue weighted by molar-refractivity contribution is -0.162. The minimum atomic E-state index is -4.46. The number of halogens is 3. The van der Waals surface area contributed by atoms with Gasteiger partial charge in [0.05, 0.1) is 0 Å². The van der Waals surface area contributed by atoms with Gasteiger partial charge in [-0.15, -0.1) is 0 Å². The molecule has 1 aliphatic carbocycles. The SMILES string of the molecule is CC(C)N(CC1CC1)C(=O)OCC(F)(F)F. The Hall–Kier alpha value is -0.940. The van der Waals surface area contributed by atoms with E-state index in [4.69, 9.17) is 0 Å². The Labute approximate surface area is 92.5 Å². The summed E-state index contributed by atoms with van der Waals surface area (Å²) in [6, 6.07) is -0.138. The van der Waals surface area contributed by atoms with Gasteiger partial charge < -0.3 is 9.64 Å². The second kappa shape index (κ2) is 4.93. The van der Waals surface area contributed by atoms with Crippen LogP contribution < -0.4 is 0 Å². The van der Waals surface area contributed by atoms with E-state index in [0.717, 1.165) is 12.8 Å². The molecular formula is C10H16F3NO2. The van der Waals surface area contributed by atoms with Gasteiger partial charge in [-0.05, 0) is 32.6 Å². The van der Waals surface area contributed by atoms with Gasteiger partial charge in [-0.3, -0.25) is 0 Å². The van der Waals surface area contributed by atoms with Crippen LogP contribution in [0.15, 0.2) is 0 Å². The third-order valence-electron chi connectivity index (χ3n) is 2.37. The van der Waals surface area contributed by atoms with Gasteiger partial charge in [0.1, 0.15) is 0 Å². The first-order valence-electron chi connectivity index (χ1n) is 5.29. The van der Waals surface area contributed by atoms with Crippen LogP contribution in [0.5, 0.6) is 0 Å². The summed E-state index contributed by atoms with van der Waals surface area (Å²) < 4.78 is 39.8. The molecule has 0 aliphatic heterocycles. The molecule has 6 heteroatoms. The first-order valence-corrected chi connectivity index (χ1v) is 5.29. The zero-order valence-electron chi connectivity index (χ0n) is 9.38. The highest BCUT2D eigenvalue weighted by molar-refractivity contribution is 5.68. The second-order valence-electron chi connectivity index (χ2n) is 4.36. The smallest absolute Gasteiger partial charge is 0.422 e. The van der Waals surface area contributed by atoms with Gasteiger partial charge >= 0.3 is 12.3 Å². The van der Waals surface area contributed by atoms with Crippen LogP contribution in [0.2, 0.25) is 0 Å². The van der Waals surface area contributed by atoms with Crippen molar-refractivity contribution >= 4 is 6.09 Å². The molecular weight excluding hydrogens is 223 g/mol. The molecule has 1 amide bonds. The van der Waals surface area contributed by atoms with Gasteiger partial charge in [-0.2, -0.15) is 13.2 Å². The highest BCUT2D eigenvalue weighted by Crippen LogP contribution is 2.30. The average molecular weight is 239 g/mol.